The first kappa shape index (κ1) is 17.7. The molecule has 120 valence electrons. The minimum absolute atomic E-state index is 0.0422. The zero-order chi connectivity index (χ0) is 16.1. The number of rotatable bonds is 7. The molecule has 0 fully saturated rings. The third-order valence-electron chi connectivity index (χ3n) is 3.56. The lowest BCUT2D eigenvalue weighted by Crippen LogP contribution is -2.24. The van der Waals surface area contributed by atoms with E-state index in [0.29, 0.717) is 6.54 Å². The van der Waals surface area contributed by atoms with Crippen LogP contribution in [0.4, 0.5) is 24.5 Å². The fourth-order valence-electron chi connectivity index (χ4n) is 2.23. The number of anilines is 2. The number of hydrogen-bond donors (Lipinski definition) is 2. The highest BCUT2D eigenvalue weighted by Crippen LogP contribution is 2.36. The molecule has 0 aliphatic carbocycles. The minimum Gasteiger partial charge on any atom is -0.399 e. The summed E-state index contributed by atoms with van der Waals surface area (Å²) in [6, 6.07) is 3.87. The average Bonchev–Trinajstić information content (AvgIpc) is 2.36. The Hall–Kier alpha value is -1.39. The van der Waals surface area contributed by atoms with Gasteiger partial charge in [-0.25, -0.2) is 0 Å². The highest BCUT2D eigenvalue weighted by atomic mass is 19.4. The van der Waals surface area contributed by atoms with Crippen LogP contribution in [0.1, 0.15) is 52.0 Å². The van der Waals surface area contributed by atoms with E-state index >= 15 is 0 Å². The van der Waals surface area contributed by atoms with Crippen molar-refractivity contribution in [1.29, 1.82) is 0 Å². The van der Waals surface area contributed by atoms with Crippen LogP contribution in [-0.2, 0) is 6.18 Å². The van der Waals surface area contributed by atoms with Crippen LogP contribution in [0.5, 0.6) is 0 Å². The average molecular weight is 302 g/mol. The van der Waals surface area contributed by atoms with Gasteiger partial charge in [0.05, 0.1) is 5.56 Å². The number of alkyl halides is 3. The Morgan fingerprint density at radius 3 is 2.38 bits per heavy atom. The lowest BCUT2D eigenvalue weighted by atomic mass is 9.86. The van der Waals surface area contributed by atoms with Gasteiger partial charge in [0.2, 0.25) is 0 Å². The van der Waals surface area contributed by atoms with Gasteiger partial charge >= 0.3 is 6.18 Å². The molecule has 0 aliphatic heterocycles. The van der Waals surface area contributed by atoms with Crippen LogP contribution in [0.25, 0.3) is 0 Å². The number of nitrogen functional groups attached to an aromatic ring is 1. The number of halogens is 3. The van der Waals surface area contributed by atoms with Gasteiger partial charge in [-0.3, -0.25) is 0 Å². The Labute approximate surface area is 124 Å². The maximum atomic E-state index is 13.0. The molecule has 0 saturated carbocycles. The number of nitrogens with two attached hydrogens (primary N) is 1. The van der Waals surface area contributed by atoms with Crippen LogP contribution >= 0.6 is 0 Å². The maximum absolute atomic E-state index is 13.0. The van der Waals surface area contributed by atoms with Crippen molar-refractivity contribution in [1.82, 2.24) is 0 Å². The lowest BCUT2D eigenvalue weighted by molar-refractivity contribution is -0.136. The first-order chi connectivity index (χ1) is 9.65. The fraction of sp³-hybridized carbons (Fsp3) is 0.625. The van der Waals surface area contributed by atoms with Crippen LogP contribution in [0, 0.1) is 5.41 Å². The van der Waals surface area contributed by atoms with Crippen LogP contribution in [0.15, 0.2) is 18.2 Å². The summed E-state index contributed by atoms with van der Waals surface area (Å²) in [7, 11) is 0. The van der Waals surface area contributed by atoms with Crippen LogP contribution < -0.4 is 11.1 Å². The molecule has 0 aliphatic rings. The monoisotopic (exact) mass is 302 g/mol. The molecule has 2 nitrogen and oxygen atoms in total. The molecule has 3 N–H and O–H groups in total. The molecule has 0 bridgehead atoms. The molecule has 1 aromatic carbocycles. The van der Waals surface area contributed by atoms with E-state index in [1.807, 2.05) is 0 Å². The van der Waals surface area contributed by atoms with E-state index in [-0.39, 0.29) is 16.8 Å². The fourth-order valence-corrected chi connectivity index (χ4v) is 2.23. The van der Waals surface area contributed by atoms with Gasteiger partial charge in [0.25, 0.3) is 0 Å². The van der Waals surface area contributed by atoms with Crippen molar-refractivity contribution in [2.24, 2.45) is 5.41 Å². The van der Waals surface area contributed by atoms with Gasteiger partial charge < -0.3 is 11.1 Å². The highest BCUT2D eigenvalue weighted by Gasteiger charge is 2.34. The molecule has 0 heterocycles. The zero-order valence-electron chi connectivity index (χ0n) is 13.0. The highest BCUT2D eigenvalue weighted by molar-refractivity contribution is 5.59. The predicted octanol–water partition coefficient (Wildman–Crippen LogP) is 5.31. The van der Waals surface area contributed by atoms with E-state index < -0.39 is 11.7 Å². The van der Waals surface area contributed by atoms with E-state index in [4.69, 9.17) is 5.73 Å². The second-order valence-electron chi connectivity index (χ2n) is 6.28. The first-order valence-electron chi connectivity index (χ1n) is 7.36. The number of benzene rings is 1. The topological polar surface area (TPSA) is 38.0 Å². The maximum Gasteiger partial charge on any atom is 0.418 e. The molecule has 1 aromatic rings. The molecule has 0 saturated heterocycles. The van der Waals surface area contributed by atoms with Crippen molar-refractivity contribution < 1.29 is 13.2 Å². The third-order valence-corrected chi connectivity index (χ3v) is 3.56. The van der Waals surface area contributed by atoms with E-state index in [1.165, 1.54) is 12.1 Å². The first-order valence-corrected chi connectivity index (χ1v) is 7.36. The Kier molecular flexibility index (Phi) is 5.93. The Bertz CT molecular complexity index is 453. The van der Waals surface area contributed by atoms with Gasteiger partial charge in [0.15, 0.2) is 0 Å². The standard InChI is InChI=1S/C16H25F3N2/c1-4-5-6-9-15(2,3)11-21-14-8-7-12(20)10-13(14)16(17,18)19/h7-8,10,21H,4-6,9,11,20H2,1-3H3. The number of unbranched alkanes of at least 4 members (excludes halogenated alkanes) is 2. The summed E-state index contributed by atoms with van der Waals surface area (Å²) in [6.45, 7) is 6.78. The summed E-state index contributed by atoms with van der Waals surface area (Å²) in [5.74, 6) is 0. The Balaban J connectivity index is 2.75. The molecule has 0 unspecified atom stereocenters. The molecular formula is C16H25F3N2. The second-order valence-corrected chi connectivity index (χ2v) is 6.28. The summed E-state index contributed by atoms with van der Waals surface area (Å²) in [5.41, 5.74) is 4.93. The molecule has 0 spiro atoms. The van der Waals surface area contributed by atoms with Gasteiger partial charge in [-0.2, -0.15) is 13.2 Å². The van der Waals surface area contributed by atoms with E-state index in [2.05, 4.69) is 26.1 Å². The van der Waals surface area contributed by atoms with Gasteiger partial charge in [-0.15, -0.1) is 0 Å². The number of nitrogens with one attached hydrogen (secondary N) is 1. The SMILES string of the molecule is CCCCCC(C)(C)CNc1ccc(N)cc1C(F)(F)F. The van der Waals surface area contributed by atoms with Gasteiger partial charge in [-0.05, 0) is 30.0 Å². The van der Waals surface area contributed by atoms with Crippen molar-refractivity contribution in [3.05, 3.63) is 23.8 Å². The summed E-state index contributed by atoms with van der Waals surface area (Å²) >= 11 is 0. The minimum atomic E-state index is -4.40. The summed E-state index contributed by atoms with van der Waals surface area (Å²) < 4.78 is 39.0. The summed E-state index contributed by atoms with van der Waals surface area (Å²) in [6.07, 6.45) is -0.0218. The summed E-state index contributed by atoms with van der Waals surface area (Å²) in [4.78, 5) is 0. The molecular weight excluding hydrogens is 277 g/mol. The normalized spacial score (nSPS) is 12.5. The quantitative estimate of drug-likeness (QED) is 0.529. The summed E-state index contributed by atoms with van der Waals surface area (Å²) in [5, 5.41) is 2.94. The largest absolute Gasteiger partial charge is 0.418 e. The van der Waals surface area contributed by atoms with Crippen molar-refractivity contribution in [2.75, 3.05) is 17.6 Å². The Morgan fingerprint density at radius 2 is 1.81 bits per heavy atom. The smallest absolute Gasteiger partial charge is 0.399 e. The van der Waals surface area contributed by atoms with Crippen molar-refractivity contribution in [2.45, 2.75) is 52.6 Å². The van der Waals surface area contributed by atoms with Crippen molar-refractivity contribution in [3.63, 3.8) is 0 Å². The lowest BCUT2D eigenvalue weighted by Gasteiger charge is -2.26. The zero-order valence-corrected chi connectivity index (χ0v) is 13.0. The van der Waals surface area contributed by atoms with Gasteiger partial charge in [0.1, 0.15) is 0 Å². The molecule has 0 aromatic heterocycles. The van der Waals surface area contributed by atoms with Crippen LogP contribution in [0.2, 0.25) is 0 Å². The molecule has 5 heteroatoms. The molecule has 0 atom stereocenters. The molecule has 21 heavy (non-hydrogen) atoms. The van der Waals surface area contributed by atoms with Crippen LogP contribution in [0.3, 0.4) is 0 Å². The third kappa shape index (κ3) is 5.86. The van der Waals surface area contributed by atoms with E-state index in [1.54, 1.807) is 0 Å². The molecule has 1 rings (SSSR count). The second kappa shape index (κ2) is 7.05. The van der Waals surface area contributed by atoms with Crippen molar-refractivity contribution >= 4 is 11.4 Å². The van der Waals surface area contributed by atoms with Crippen LogP contribution in [-0.4, -0.2) is 6.54 Å². The number of hydrogen-bond acceptors (Lipinski definition) is 2. The molecule has 0 amide bonds. The van der Waals surface area contributed by atoms with Crippen molar-refractivity contribution in [3.8, 4) is 0 Å². The predicted molar refractivity (Wildman–Crippen MR) is 82.3 cm³/mol. The van der Waals surface area contributed by atoms with Gasteiger partial charge in [0, 0.05) is 17.9 Å². The van der Waals surface area contributed by atoms with E-state index in [0.717, 1.165) is 31.7 Å². The molecule has 0 radical (unpaired) electrons. The van der Waals surface area contributed by atoms with Gasteiger partial charge in [-0.1, -0.05) is 40.0 Å². The Morgan fingerprint density at radius 1 is 1.14 bits per heavy atom. The van der Waals surface area contributed by atoms with E-state index in [9.17, 15) is 13.2 Å².